The second kappa shape index (κ2) is 5.80. The van der Waals surface area contributed by atoms with Crippen LogP contribution in [0, 0.1) is 0 Å². The van der Waals surface area contributed by atoms with Gasteiger partial charge >= 0.3 is 5.97 Å². The van der Waals surface area contributed by atoms with Crippen LogP contribution in [0.2, 0.25) is 0 Å². The molecule has 0 saturated carbocycles. The molecule has 1 aromatic heterocycles. The smallest absolute Gasteiger partial charge is 0.317 e. The zero-order chi connectivity index (χ0) is 13.1. The summed E-state index contributed by atoms with van der Waals surface area (Å²) in [7, 11) is 0. The van der Waals surface area contributed by atoms with Crippen LogP contribution >= 0.6 is 11.3 Å². The van der Waals surface area contributed by atoms with Gasteiger partial charge in [-0.3, -0.25) is 9.69 Å². The van der Waals surface area contributed by atoms with Crippen LogP contribution in [-0.2, 0) is 17.8 Å². The molecule has 0 unspecified atom stereocenters. The second-order valence-corrected chi connectivity index (χ2v) is 5.90. The molecular weight excluding hydrogens is 248 g/mol. The van der Waals surface area contributed by atoms with Gasteiger partial charge in [0.2, 0.25) is 0 Å². The molecule has 1 aromatic rings. The monoisotopic (exact) mass is 268 g/mol. The summed E-state index contributed by atoms with van der Waals surface area (Å²) in [6.45, 7) is 6.10. The van der Waals surface area contributed by atoms with Gasteiger partial charge < -0.3 is 5.11 Å². The van der Waals surface area contributed by atoms with Gasteiger partial charge in [-0.05, 0) is 12.8 Å². The average Bonchev–Trinajstić information content (AvgIpc) is 2.72. The minimum atomic E-state index is -0.747. The second-order valence-electron chi connectivity index (χ2n) is 4.79. The first-order chi connectivity index (χ1) is 8.63. The molecular formula is C13H20N2O2S. The third-order valence-electron chi connectivity index (χ3n) is 3.52. The lowest BCUT2D eigenvalue weighted by molar-refractivity contribution is -0.138. The molecule has 0 fully saturated rings. The lowest BCUT2D eigenvalue weighted by atomic mass is 10.1. The van der Waals surface area contributed by atoms with E-state index in [1.165, 1.54) is 15.6 Å². The molecule has 0 atom stereocenters. The molecule has 0 saturated heterocycles. The summed E-state index contributed by atoms with van der Waals surface area (Å²) in [6, 6.07) is 0. The number of hydrogen-bond acceptors (Lipinski definition) is 4. The summed E-state index contributed by atoms with van der Waals surface area (Å²) < 4.78 is 0. The van der Waals surface area contributed by atoms with Gasteiger partial charge in [-0.2, -0.15) is 0 Å². The zero-order valence-electron chi connectivity index (χ0n) is 11.0. The molecule has 0 spiro atoms. The first kappa shape index (κ1) is 13.5. The molecule has 0 radical (unpaired) electrons. The maximum absolute atomic E-state index is 10.7. The lowest BCUT2D eigenvalue weighted by Gasteiger charge is -2.23. The van der Waals surface area contributed by atoms with E-state index in [-0.39, 0.29) is 6.54 Å². The molecule has 0 aromatic carbocycles. The van der Waals surface area contributed by atoms with E-state index in [0.717, 1.165) is 32.4 Å². The quantitative estimate of drug-likeness (QED) is 0.891. The van der Waals surface area contributed by atoms with Crippen LogP contribution in [0.5, 0.6) is 0 Å². The molecule has 2 heterocycles. The predicted molar refractivity (Wildman–Crippen MR) is 72.1 cm³/mol. The van der Waals surface area contributed by atoms with Crippen molar-refractivity contribution in [3.8, 4) is 0 Å². The number of nitrogens with zero attached hydrogens (tertiary/aromatic N) is 2. The number of hydrogen-bond donors (Lipinski definition) is 1. The Morgan fingerprint density at radius 3 is 2.83 bits per heavy atom. The number of carboxylic acid groups (broad SMARTS) is 1. The summed E-state index contributed by atoms with van der Waals surface area (Å²) in [5.41, 5.74) is 1.20. The van der Waals surface area contributed by atoms with E-state index in [4.69, 9.17) is 10.1 Å². The minimum absolute atomic E-state index is 0.137. The van der Waals surface area contributed by atoms with Crippen molar-refractivity contribution in [3.63, 3.8) is 0 Å². The van der Waals surface area contributed by atoms with Crippen molar-refractivity contribution < 1.29 is 9.90 Å². The van der Waals surface area contributed by atoms with E-state index in [9.17, 15) is 4.79 Å². The number of thiazole rings is 1. The van der Waals surface area contributed by atoms with Crippen molar-refractivity contribution in [3.05, 3.63) is 15.6 Å². The molecule has 1 N–H and O–H groups in total. The molecule has 2 rings (SSSR count). The van der Waals surface area contributed by atoms with E-state index >= 15 is 0 Å². The molecule has 4 nitrogen and oxygen atoms in total. The van der Waals surface area contributed by atoms with Crippen LogP contribution in [0.15, 0.2) is 0 Å². The SMILES string of the molecule is CCC(CC)c1nc2c(s1)CN(CC(=O)O)CC2. The summed E-state index contributed by atoms with van der Waals surface area (Å²) in [4.78, 5) is 18.7. The Balaban J connectivity index is 2.11. The van der Waals surface area contributed by atoms with E-state index < -0.39 is 5.97 Å². The summed E-state index contributed by atoms with van der Waals surface area (Å²) in [6.07, 6.45) is 3.14. The first-order valence-corrected chi connectivity index (χ1v) is 7.38. The van der Waals surface area contributed by atoms with Crippen LogP contribution in [0.25, 0.3) is 0 Å². The van der Waals surface area contributed by atoms with Crippen molar-refractivity contribution in [2.45, 2.75) is 45.6 Å². The van der Waals surface area contributed by atoms with Gasteiger partial charge in [-0.15, -0.1) is 11.3 Å². The van der Waals surface area contributed by atoms with Gasteiger partial charge in [0.15, 0.2) is 0 Å². The van der Waals surface area contributed by atoms with Crippen LogP contribution in [0.4, 0.5) is 0 Å². The Kier molecular flexibility index (Phi) is 4.35. The topological polar surface area (TPSA) is 53.4 Å². The van der Waals surface area contributed by atoms with Gasteiger partial charge in [0, 0.05) is 30.3 Å². The third-order valence-corrected chi connectivity index (χ3v) is 4.77. The fourth-order valence-electron chi connectivity index (χ4n) is 2.41. The van der Waals surface area contributed by atoms with Crippen molar-refractivity contribution in [2.75, 3.05) is 13.1 Å². The standard InChI is InChI=1S/C13H20N2O2S/c1-3-9(4-2)13-14-10-5-6-15(8-12(16)17)7-11(10)18-13/h9H,3-8H2,1-2H3,(H,16,17). The Morgan fingerprint density at radius 2 is 2.22 bits per heavy atom. The van der Waals surface area contributed by atoms with E-state index in [1.807, 2.05) is 4.90 Å². The van der Waals surface area contributed by atoms with Gasteiger partial charge in [0.1, 0.15) is 0 Å². The summed E-state index contributed by atoms with van der Waals surface area (Å²) >= 11 is 1.78. The number of rotatable bonds is 5. The zero-order valence-corrected chi connectivity index (χ0v) is 11.8. The fourth-order valence-corrected chi connectivity index (χ4v) is 3.83. The highest BCUT2D eigenvalue weighted by Crippen LogP contribution is 2.32. The predicted octanol–water partition coefficient (Wildman–Crippen LogP) is 2.49. The summed E-state index contributed by atoms with van der Waals surface area (Å²) in [5, 5.41) is 10.1. The van der Waals surface area contributed by atoms with Crippen molar-refractivity contribution in [2.24, 2.45) is 0 Å². The minimum Gasteiger partial charge on any atom is -0.480 e. The number of aromatic nitrogens is 1. The maximum atomic E-state index is 10.7. The molecule has 100 valence electrons. The Labute approximate surface area is 112 Å². The Morgan fingerprint density at radius 1 is 1.50 bits per heavy atom. The Hall–Kier alpha value is -0.940. The van der Waals surface area contributed by atoms with Gasteiger partial charge in [0.25, 0.3) is 0 Å². The number of carboxylic acids is 1. The van der Waals surface area contributed by atoms with E-state index in [0.29, 0.717) is 5.92 Å². The highest BCUT2D eigenvalue weighted by Gasteiger charge is 2.23. The molecule has 0 bridgehead atoms. The average molecular weight is 268 g/mol. The highest BCUT2D eigenvalue weighted by atomic mass is 32.1. The van der Waals surface area contributed by atoms with Crippen molar-refractivity contribution >= 4 is 17.3 Å². The third kappa shape index (κ3) is 2.90. The van der Waals surface area contributed by atoms with Gasteiger partial charge in [-0.25, -0.2) is 4.98 Å². The number of fused-ring (bicyclic) bond motifs is 1. The van der Waals surface area contributed by atoms with Crippen molar-refractivity contribution in [1.29, 1.82) is 0 Å². The van der Waals surface area contributed by atoms with Crippen LogP contribution in [-0.4, -0.2) is 34.0 Å². The molecule has 0 aliphatic carbocycles. The number of carbonyl (C=O) groups is 1. The van der Waals surface area contributed by atoms with Gasteiger partial charge in [0.05, 0.1) is 17.2 Å². The van der Waals surface area contributed by atoms with Crippen LogP contribution in [0.1, 0.15) is 48.2 Å². The van der Waals surface area contributed by atoms with Gasteiger partial charge in [-0.1, -0.05) is 13.8 Å². The van der Waals surface area contributed by atoms with E-state index in [1.54, 1.807) is 11.3 Å². The van der Waals surface area contributed by atoms with Crippen molar-refractivity contribution in [1.82, 2.24) is 9.88 Å². The fraction of sp³-hybridized carbons (Fsp3) is 0.692. The first-order valence-electron chi connectivity index (χ1n) is 6.56. The van der Waals surface area contributed by atoms with E-state index in [2.05, 4.69) is 13.8 Å². The molecule has 0 amide bonds. The number of aliphatic carboxylic acids is 1. The molecule has 18 heavy (non-hydrogen) atoms. The van der Waals surface area contributed by atoms with Crippen LogP contribution in [0.3, 0.4) is 0 Å². The lowest BCUT2D eigenvalue weighted by Crippen LogP contribution is -2.34. The maximum Gasteiger partial charge on any atom is 0.317 e. The highest BCUT2D eigenvalue weighted by molar-refractivity contribution is 7.11. The normalized spacial score (nSPS) is 15.9. The van der Waals surface area contributed by atoms with Crippen LogP contribution < -0.4 is 0 Å². The largest absolute Gasteiger partial charge is 0.480 e. The molecule has 1 aliphatic heterocycles. The molecule has 1 aliphatic rings. The summed E-state index contributed by atoms with van der Waals surface area (Å²) in [5.74, 6) is -0.184. The molecule has 5 heteroatoms. The Bertz CT molecular complexity index is 427.